The van der Waals surface area contributed by atoms with E-state index in [1.807, 2.05) is 6.07 Å². The fourth-order valence-electron chi connectivity index (χ4n) is 4.21. The Morgan fingerprint density at radius 2 is 2.04 bits per heavy atom. The monoisotopic (exact) mass is 344 g/mol. The summed E-state index contributed by atoms with van der Waals surface area (Å²) < 4.78 is 6.06. The van der Waals surface area contributed by atoms with Gasteiger partial charge in [-0.05, 0) is 62.7 Å². The summed E-state index contributed by atoms with van der Waals surface area (Å²) in [6, 6.07) is 8.49. The second-order valence-corrected chi connectivity index (χ2v) is 7.84. The maximum Gasteiger partial charge on any atom is 0.223 e. The molecule has 138 valence electrons. The molecule has 0 aliphatic carbocycles. The van der Waals surface area contributed by atoms with E-state index >= 15 is 0 Å². The van der Waals surface area contributed by atoms with Gasteiger partial charge in [0.25, 0.3) is 0 Å². The van der Waals surface area contributed by atoms with Crippen molar-refractivity contribution >= 4 is 5.91 Å². The number of rotatable bonds is 4. The molecule has 1 aromatic carbocycles. The molecule has 0 aromatic heterocycles. The summed E-state index contributed by atoms with van der Waals surface area (Å²) in [4.78, 5) is 15.0. The molecule has 0 spiro atoms. The number of nitrogens with one attached hydrogen (secondary N) is 1. The molecule has 0 bridgehead atoms. The van der Waals surface area contributed by atoms with Gasteiger partial charge in [-0.25, -0.2) is 0 Å². The molecule has 2 saturated heterocycles. The Bertz CT molecular complexity index is 583. The standard InChI is InChI=1S/C21H32N2O2/c1-15-6-4-5-7-19(15)20-13-23(17(3)14-25-20)21(24)12-16(2)18-8-10-22-11-9-18/h4-7,16-18,20,22H,8-14H2,1-3H3/t16-,17+,20+/m1/s1. The third-order valence-electron chi connectivity index (χ3n) is 5.97. The summed E-state index contributed by atoms with van der Waals surface area (Å²) in [7, 11) is 0. The van der Waals surface area contributed by atoms with Crippen molar-refractivity contribution in [1.29, 1.82) is 0 Å². The molecule has 3 atom stereocenters. The minimum atomic E-state index is -0.00413. The molecule has 0 saturated carbocycles. The molecule has 1 N–H and O–H groups in total. The van der Waals surface area contributed by atoms with Crippen molar-refractivity contribution in [3.63, 3.8) is 0 Å². The van der Waals surface area contributed by atoms with Crippen molar-refractivity contribution < 1.29 is 9.53 Å². The number of benzene rings is 1. The lowest BCUT2D eigenvalue weighted by Gasteiger charge is -2.39. The van der Waals surface area contributed by atoms with Crippen molar-refractivity contribution in [2.45, 2.75) is 52.2 Å². The molecule has 4 nitrogen and oxygen atoms in total. The second-order valence-electron chi connectivity index (χ2n) is 7.84. The van der Waals surface area contributed by atoms with Crippen LogP contribution in [-0.4, -0.2) is 43.1 Å². The fraction of sp³-hybridized carbons (Fsp3) is 0.667. The Balaban J connectivity index is 1.63. The molecular weight excluding hydrogens is 312 g/mol. The van der Waals surface area contributed by atoms with Gasteiger partial charge in [-0.15, -0.1) is 0 Å². The van der Waals surface area contributed by atoms with Crippen LogP contribution >= 0.6 is 0 Å². The number of nitrogens with zero attached hydrogens (tertiary/aromatic N) is 1. The van der Waals surface area contributed by atoms with Crippen LogP contribution < -0.4 is 5.32 Å². The number of piperidine rings is 1. The summed E-state index contributed by atoms with van der Waals surface area (Å²) >= 11 is 0. The molecule has 0 unspecified atom stereocenters. The number of carbonyl (C=O) groups excluding carboxylic acids is 1. The number of carbonyl (C=O) groups is 1. The van der Waals surface area contributed by atoms with Crippen molar-refractivity contribution in [1.82, 2.24) is 10.2 Å². The van der Waals surface area contributed by atoms with Crippen molar-refractivity contribution in [2.24, 2.45) is 11.8 Å². The summed E-state index contributed by atoms with van der Waals surface area (Å²) in [6.07, 6.45) is 3.04. The normalized spacial score (nSPS) is 26.4. The first-order valence-electron chi connectivity index (χ1n) is 9.73. The number of hydrogen-bond acceptors (Lipinski definition) is 3. The van der Waals surface area contributed by atoms with Gasteiger partial charge < -0.3 is 15.0 Å². The van der Waals surface area contributed by atoms with Gasteiger partial charge in [0, 0.05) is 6.42 Å². The number of aryl methyl sites for hydroxylation is 1. The lowest BCUT2D eigenvalue weighted by atomic mass is 9.83. The van der Waals surface area contributed by atoms with Crippen LogP contribution in [0.3, 0.4) is 0 Å². The zero-order valence-electron chi connectivity index (χ0n) is 15.8. The van der Waals surface area contributed by atoms with Gasteiger partial charge in [0.2, 0.25) is 5.91 Å². The van der Waals surface area contributed by atoms with Crippen LogP contribution in [0.5, 0.6) is 0 Å². The predicted molar refractivity (Wildman–Crippen MR) is 100 cm³/mol. The Labute approximate surface area is 151 Å². The molecule has 3 rings (SSSR count). The van der Waals surface area contributed by atoms with E-state index in [9.17, 15) is 4.79 Å². The first-order chi connectivity index (χ1) is 12.1. The molecule has 2 heterocycles. The third kappa shape index (κ3) is 4.42. The van der Waals surface area contributed by atoms with Crippen molar-refractivity contribution in [3.8, 4) is 0 Å². The zero-order chi connectivity index (χ0) is 17.8. The highest BCUT2D eigenvalue weighted by atomic mass is 16.5. The Hall–Kier alpha value is -1.39. The molecule has 4 heteroatoms. The fourth-order valence-corrected chi connectivity index (χ4v) is 4.21. The van der Waals surface area contributed by atoms with Gasteiger partial charge in [-0.1, -0.05) is 31.2 Å². The van der Waals surface area contributed by atoms with E-state index < -0.39 is 0 Å². The second kappa shape index (κ2) is 8.33. The van der Waals surface area contributed by atoms with Gasteiger partial charge in [0.1, 0.15) is 6.10 Å². The quantitative estimate of drug-likeness (QED) is 0.911. The van der Waals surface area contributed by atoms with Crippen LogP contribution in [0.4, 0.5) is 0 Å². The molecule has 1 aromatic rings. The van der Waals surface area contributed by atoms with E-state index in [2.05, 4.69) is 49.2 Å². The summed E-state index contributed by atoms with van der Waals surface area (Å²) in [5.41, 5.74) is 2.44. The predicted octanol–water partition coefficient (Wildman–Crippen LogP) is 3.31. The number of hydrogen-bond donors (Lipinski definition) is 1. The molecule has 25 heavy (non-hydrogen) atoms. The highest BCUT2D eigenvalue weighted by Crippen LogP contribution is 2.30. The van der Waals surface area contributed by atoms with E-state index in [0.29, 0.717) is 37.3 Å². The van der Waals surface area contributed by atoms with Gasteiger partial charge in [-0.2, -0.15) is 0 Å². The first-order valence-corrected chi connectivity index (χ1v) is 9.73. The lowest BCUT2D eigenvalue weighted by molar-refractivity contribution is -0.145. The summed E-state index contributed by atoms with van der Waals surface area (Å²) in [5, 5.41) is 3.41. The summed E-state index contributed by atoms with van der Waals surface area (Å²) in [5.74, 6) is 1.43. The van der Waals surface area contributed by atoms with Gasteiger partial charge in [0.05, 0.1) is 19.2 Å². The lowest BCUT2D eigenvalue weighted by Crippen LogP contribution is -2.49. The average molecular weight is 344 g/mol. The van der Waals surface area contributed by atoms with Crippen LogP contribution in [0, 0.1) is 18.8 Å². The Morgan fingerprint density at radius 3 is 2.76 bits per heavy atom. The Morgan fingerprint density at radius 1 is 1.32 bits per heavy atom. The number of ether oxygens (including phenoxy) is 1. The van der Waals surface area contributed by atoms with E-state index in [4.69, 9.17) is 4.74 Å². The van der Waals surface area contributed by atoms with E-state index in [1.54, 1.807) is 0 Å². The van der Waals surface area contributed by atoms with Crippen LogP contribution in [0.15, 0.2) is 24.3 Å². The molecule has 2 aliphatic rings. The van der Waals surface area contributed by atoms with Crippen LogP contribution in [0.25, 0.3) is 0 Å². The van der Waals surface area contributed by atoms with Crippen molar-refractivity contribution in [3.05, 3.63) is 35.4 Å². The van der Waals surface area contributed by atoms with Crippen LogP contribution in [0.1, 0.15) is 50.3 Å². The molecular formula is C21H32N2O2. The first kappa shape index (κ1) is 18.4. The topological polar surface area (TPSA) is 41.6 Å². The van der Waals surface area contributed by atoms with E-state index in [0.717, 1.165) is 13.1 Å². The van der Waals surface area contributed by atoms with Crippen LogP contribution in [-0.2, 0) is 9.53 Å². The maximum atomic E-state index is 13.0. The zero-order valence-corrected chi connectivity index (χ0v) is 15.8. The smallest absolute Gasteiger partial charge is 0.223 e. The maximum absolute atomic E-state index is 13.0. The number of amides is 1. The molecule has 0 radical (unpaired) electrons. The Kier molecular flexibility index (Phi) is 6.13. The van der Waals surface area contributed by atoms with Gasteiger partial charge >= 0.3 is 0 Å². The highest BCUT2D eigenvalue weighted by Gasteiger charge is 2.32. The molecule has 2 fully saturated rings. The minimum Gasteiger partial charge on any atom is -0.370 e. The van der Waals surface area contributed by atoms with Gasteiger partial charge in [-0.3, -0.25) is 4.79 Å². The van der Waals surface area contributed by atoms with Crippen LogP contribution in [0.2, 0.25) is 0 Å². The SMILES string of the molecule is Cc1ccccc1[C@@H]1CN(C(=O)C[C@@H](C)C2CCNCC2)[C@@H](C)CO1. The largest absolute Gasteiger partial charge is 0.370 e. The third-order valence-corrected chi connectivity index (χ3v) is 5.97. The van der Waals surface area contributed by atoms with E-state index in [1.165, 1.54) is 24.0 Å². The highest BCUT2D eigenvalue weighted by molar-refractivity contribution is 5.77. The number of morpholine rings is 1. The average Bonchev–Trinajstić information content (AvgIpc) is 2.63. The van der Waals surface area contributed by atoms with E-state index in [-0.39, 0.29) is 12.1 Å². The molecule has 1 amide bonds. The van der Waals surface area contributed by atoms with Gasteiger partial charge in [0.15, 0.2) is 0 Å². The summed E-state index contributed by atoms with van der Waals surface area (Å²) in [6.45, 7) is 9.93. The molecule has 2 aliphatic heterocycles. The van der Waals surface area contributed by atoms with Crippen molar-refractivity contribution in [2.75, 3.05) is 26.2 Å². The minimum absolute atomic E-state index is 0.00413.